The van der Waals surface area contributed by atoms with Gasteiger partial charge >= 0.3 is 0 Å². The van der Waals surface area contributed by atoms with Gasteiger partial charge in [-0.1, -0.05) is 6.07 Å². The molecule has 0 aliphatic heterocycles. The smallest absolute Gasteiger partial charge is 0.146 e. The van der Waals surface area contributed by atoms with Crippen LogP contribution >= 0.6 is 31.9 Å². The number of hydrogen-bond donors (Lipinski definition) is 1. The van der Waals surface area contributed by atoms with Crippen LogP contribution in [-0.2, 0) is 6.54 Å². The normalized spacial score (nSPS) is 10.4. The van der Waals surface area contributed by atoms with Crippen molar-refractivity contribution in [1.82, 2.24) is 4.98 Å². The van der Waals surface area contributed by atoms with E-state index in [1.165, 1.54) is 6.07 Å². The molecule has 94 valence electrons. The average molecular weight is 374 g/mol. The molecule has 0 bridgehead atoms. The topological polar surface area (TPSA) is 24.9 Å². The number of nitrogens with one attached hydrogen (secondary N) is 1. The summed E-state index contributed by atoms with van der Waals surface area (Å²) in [6.45, 7) is 2.33. The molecule has 0 radical (unpaired) electrons. The predicted octanol–water partition coefficient (Wildman–Crippen LogP) is 4.67. The van der Waals surface area contributed by atoms with Crippen molar-refractivity contribution in [2.45, 2.75) is 13.5 Å². The van der Waals surface area contributed by atoms with Gasteiger partial charge in [-0.15, -0.1) is 0 Å². The second-order valence-corrected chi connectivity index (χ2v) is 5.69. The predicted molar refractivity (Wildman–Crippen MR) is 78.1 cm³/mol. The van der Waals surface area contributed by atoms with Crippen molar-refractivity contribution in [1.29, 1.82) is 0 Å². The molecule has 1 aromatic carbocycles. The molecule has 0 saturated heterocycles. The van der Waals surface area contributed by atoms with Crippen LogP contribution in [0.3, 0.4) is 0 Å². The molecule has 2 rings (SSSR count). The first-order chi connectivity index (χ1) is 8.56. The monoisotopic (exact) mass is 372 g/mol. The lowest BCUT2D eigenvalue weighted by molar-refractivity contribution is 0.629. The second kappa shape index (κ2) is 5.80. The summed E-state index contributed by atoms with van der Waals surface area (Å²) in [5.41, 5.74) is 2.22. The number of nitrogens with zero attached hydrogens (tertiary/aromatic N) is 1. The summed E-state index contributed by atoms with van der Waals surface area (Å²) >= 11 is 6.76. The van der Waals surface area contributed by atoms with Gasteiger partial charge in [-0.2, -0.15) is 0 Å². The fourth-order valence-corrected chi connectivity index (χ4v) is 2.64. The van der Waals surface area contributed by atoms with E-state index in [9.17, 15) is 4.39 Å². The van der Waals surface area contributed by atoms with E-state index in [1.807, 2.05) is 19.1 Å². The SMILES string of the molecule is Cc1ccc(NCc2ncc(Br)cc2Br)c(F)c1. The standard InChI is InChI=1S/C13H11Br2FN2/c1-8-2-3-12(11(16)4-8)18-7-13-10(15)5-9(14)6-17-13/h2-6,18H,7H2,1H3. The lowest BCUT2D eigenvalue weighted by Crippen LogP contribution is -2.04. The van der Waals surface area contributed by atoms with Crippen LogP contribution in [-0.4, -0.2) is 4.98 Å². The van der Waals surface area contributed by atoms with Gasteiger partial charge in [-0.25, -0.2) is 4.39 Å². The number of rotatable bonds is 3. The maximum Gasteiger partial charge on any atom is 0.146 e. The molecule has 0 saturated carbocycles. The molecule has 0 amide bonds. The Morgan fingerprint density at radius 1 is 1.28 bits per heavy atom. The molecule has 18 heavy (non-hydrogen) atoms. The van der Waals surface area contributed by atoms with Gasteiger partial charge in [0.1, 0.15) is 5.82 Å². The summed E-state index contributed by atoms with van der Waals surface area (Å²) in [6.07, 6.45) is 1.72. The Labute approximate surface area is 122 Å². The summed E-state index contributed by atoms with van der Waals surface area (Å²) < 4.78 is 15.4. The van der Waals surface area contributed by atoms with Crippen molar-refractivity contribution >= 4 is 37.5 Å². The molecule has 0 atom stereocenters. The Morgan fingerprint density at radius 3 is 2.72 bits per heavy atom. The minimum Gasteiger partial charge on any atom is -0.377 e. The molecule has 0 aliphatic rings. The van der Waals surface area contributed by atoms with Gasteiger partial charge in [0, 0.05) is 15.1 Å². The van der Waals surface area contributed by atoms with Crippen molar-refractivity contribution in [3.05, 3.63) is 56.5 Å². The largest absolute Gasteiger partial charge is 0.377 e. The maximum atomic E-state index is 13.6. The Morgan fingerprint density at radius 2 is 2.06 bits per heavy atom. The van der Waals surface area contributed by atoms with E-state index in [1.54, 1.807) is 12.3 Å². The fourth-order valence-electron chi connectivity index (χ4n) is 1.52. The van der Waals surface area contributed by atoms with E-state index >= 15 is 0 Å². The first kappa shape index (κ1) is 13.5. The number of aromatic nitrogens is 1. The average Bonchev–Trinajstić information content (AvgIpc) is 2.30. The lowest BCUT2D eigenvalue weighted by Gasteiger charge is -2.09. The van der Waals surface area contributed by atoms with Crippen LogP contribution in [0.1, 0.15) is 11.3 Å². The number of anilines is 1. The van der Waals surface area contributed by atoms with Gasteiger partial charge in [-0.05, 0) is 62.5 Å². The van der Waals surface area contributed by atoms with Crippen molar-refractivity contribution in [2.24, 2.45) is 0 Å². The van der Waals surface area contributed by atoms with E-state index in [-0.39, 0.29) is 5.82 Å². The van der Waals surface area contributed by atoms with Crippen molar-refractivity contribution in [2.75, 3.05) is 5.32 Å². The van der Waals surface area contributed by atoms with E-state index in [4.69, 9.17) is 0 Å². The first-order valence-corrected chi connectivity index (χ1v) is 6.95. The van der Waals surface area contributed by atoms with Crippen molar-refractivity contribution in [3.8, 4) is 0 Å². The Balaban J connectivity index is 2.11. The fraction of sp³-hybridized carbons (Fsp3) is 0.154. The quantitative estimate of drug-likeness (QED) is 0.845. The molecular formula is C13H11Br2FN2. The van der Waals surface area contributed by atoms with Crippen LogP contribution in [0.15, 0.2) is 39.4 Å². The molecule has 5 heteroatoms. The second-order valence-electron chi connectivity index (χ2n) is 3.92. The van der Waals surface area contributed by atoms with Crippen LogP contribution in [0.2, 0.25) is 0 Å². The highest BCUT2D eigenvalue weighted by Gasteiger charge is 2.05. The van der Waals surface area contributed by atoms with Gasteiger partial charge < -0.3 is 5.32 Å². The van der Waals surface area contributed by atoms with E-state index < -0.39 is 0 Å². The molecule has 0 fully saturated rings. The third-order valence-electron chi connectivity index (χ3n) is 2.45. The summed E-state index contributed by atoms with van der Waals surface area (Å²) in [4.78, 5) is 4.26. The van der Waals surface area contributed by atoms with E-state index in [0.29, 0.717) is 12.2 Å². The number of benzene rings is 1. The summed E-state index contributed by atoms with van der Waals surface area (Å²) in [5, 5.41) is 3.03. The number of aryl methyl sites for hydroxylation is 1. The minimum atomic E-state index is -0.247. The zero-order valence-corrected chi connectivity index (χ0v) is 12.8. The number of halogens is 3. The van der Waals surface area contributed by atoms with Gasteiger partial charge in [0.05, 0.1) is 17.9 Å². The van der Waals surface area contributed by atoms with Gasteiger partial charge in [0.2, 0.25) is 0 Å². The zero-order chi connectivity index (χ0) is 13.1. The minimum absolute atomic E-state index is 0.247. The van der Waals surface area contributed by atoms with Gasteiger partial charge in [0.15, 0.2) is 0 Å². The summed E-state index contributed by atoms with van der Waals surface area (Å²) in [7, 11) is 0. The molecule has 0 spiro atoms. The highest BCUT2D eigenvalue weighted by atomic mass is 79.9. The molecule has 0 aliphatic carbocycles. The molecular weight excluding hydrogens is 363 g/mol. The Hall–Kier alpha value is -0.940. The molecule has 2 nitrogen and oxygen atoms in total. The third-order valence-corrected chi connectivity index (χ3v) is 3.58. The molecule has 1 heterocycles. The van der Waals surface area contributed by atoms with Crippen LogP contribution in [0.4, 0.5) is 10.1 Å². The van der Waals surface area contributed by atoms with Gasteiger partial charge in [-0.3, -0.25) is 4.98 Å². The van der Waals surface area contributed by atoms with Crippen molar-refractivity contribution in [3.63, 3.8) is 0 Å². The van der Waals surface area contributed by atoms with Crippen LogP contribution in [0.25, 0.3) is 0 Å². The van der Waals surface area contributed by atoms with E-state index in [2.05, 4.69) is 42.2 Å². The zero-order valence-electron chi connectivity index (χ0n) is 9.67. The number of hydrogen-bond acceptors (Lipinski definition) is 2. The highest BCUT2D eigenvalue weighted by Crippen LogP contribution is 2.21. The molecule has 1 N–H and O–H groups in total. The lowest BCUT2D eigenvalue weighted by atomic mass is 10.2. The van der Waals surface area contributed by atoms with Crippen molar-refractivity contribution < 1.29 is 4.39 Å². The van der Waals surface area contributed by atoms with Gasteiger partial charge in [0.25, 0.3) is 0 Å². The van der Waals surface area contributed by atoms with Crippen LogP contribution in [0, 0.1) is 12.7 Å². The van der Waals surface area contributed by atoms with E-state index in [0.717, 1.165) is 20.2 Å². The third kappa shape index (κ3) is 3.29. The number of pyridine rings is 1. The first-order valence-electron chi connectivity index (χ1n) is 5.36. The molecule has 2 aromatic rings. The van der Waals surface area contributed by atoms with Crippen LogP contribution < -0.4 is 5.32 Å². The molecule has 1 aromatic heterocycles. The maximum absolute atomic E-state index is 13.6. The summed E-state index contributed by atoms with van der Waals surface area (Å²) in [6, 6.07) is 7.02. The summed E-state index contributed by atoms with van der Waals surface area (Å²) in [5.74, 6) is -0.247. The Bertz CT molecular complexity index is 521. The van der Waals surface area contributed by atoms with Crippen LogP contribution in [0.5, 0.6) is 0 Å². The highest BCUT2D eigenvalue weighted by molar-refractivity contribution is 9.11. The Kier molecular flexibility index (Phi) is 4.35. The molecule has 0 unspecified atom stereocenters.